The summed E-state index contributed by atoms with van der Waals surface area (Å²) in [6.45, 7) is 4.04. The topological polar surface area (TPSA) is 80.0 Å². The Bertz CT molecular complexity index is 867. The molecule has 1 heterocycles. The van der Waals surface area contributed by atoms with Crippen molar-refractivity contribution in [3.8, 4) is 5.69 Å². The standard InChI is InChI=1S/C19H20N4O2/c1-13-3-7-15(8-4-13)11-20-19(25)18-17(12-24)21-23(22-18)16-9-5-14(2)6-10-16/h3-10,24H,11-12H2,1-2H3,(H,20,25). The van der Waals surface area contributed by atoms with E-state index in [0.29, 0.717) is 6.54 Å². The van der Waals surface area contributed by atoms with Gasteiger partial charge in [0.2, 0.25) is 0 Å². The predicted molar refractivity (Wildman–Crippen MR) is 94.4 cm³/mol. The molecule has 0 aliphatic heterocycles. The van der Waals surface area contributed by atoms with Crippen LogP contribution in [0.4, 0.5) is 0 Å². The van der Waals surface area contributed by atoms with Crippen LogP contribution in [0.2, 0.25) is 0 Å². The molecule has 1 aromatic heterocycles. The first-order chi connectivity index (χ1) is 12.1. The van der Waals surface area contributed by atoms with Gasteiger partial charge in [-0.15, -0.1) is 10.2 Å². The SMILES string of the molecule is Cc1ccc(CNC(=O)c2nn(-c3ccc(C)cc3)nc2CO)cc1. The minimum Gasteiger partial charge on any atom is -0.390 e. The molecular formula is C19H20N4O2. The highest BCUT2D eigenvalue weighted by atomic mass is 16.3. The van der Waals surface area contributed by atoms with Crippen LogP contribution in [-0.4, -0.2) is 26.0 Å². The van der Waals surface area contributed by atoms with E-state index in [-0.39, 0.29) is 23.9 Å². The molecule has 0 saturated heterocycles. The molecule has 128 valence electrons. The Balaban J connectivity index is 1.77. The van der Waals surface area contributed by atoms with Crippen molar-refractivity contribution in [2.75, 3.05) is 0 Å². The molecule has 3 aromatic rings. The minimum absolute atomic E-state index is 0.134. The molecule has 1 amide bonds. The van der Waals surface area contributed by atoms with Crippen LogP contribution in [0.25, 0.3) is 5.69 Å². The Morgan fingerprint density at radius 1 is 1.00 bits per heavy atom. The fraction of sp³-hybridized carbons (Fsp3) is 0.211. The molecule has 25 heavy (non-hydrogen) atoms. The highest BCUT2D eigenvalue weighted by Crippen LogP contribution is 2.11. The second-order valence-electron chi connectivity index (χ2n) is 5.95. The van der Waals surface area contributed by atoms with E-state index in [1.165, 1.54) is 10.4 Å². The summed E-state index contributed by atoms with van der Waals surface area (Å²) >= 11 is 0. The molecule has 6 heteroatoms. The summed E-state index contributed by atoms with van der Waals surface area (Å²) < 4.78 is 0. The highest BCUT2D eigenvalue weighted by molar-refractivity contribution is 5.93. The van der Waals surface area contributed by atoms with Gasteiger partial charge in [0, 0.05) is 6.54 Å². The second kappa shape index (κ2) is 7.27. The monoisotopic (exact) mass is 336 g/mol. The first-order valence-electron chi connectivity index (χ1n) is 8.04. The van der Waals surface area contributed by atoms with Gasteiger partial charge in [0.15, 0.2) is 5.69 Å². The molecule has 0 atom stereocenters. The van der Waals surface area contributed by atoms with E-state index < -0.39 is 0 Å². The van der Waals surface area contributed by atoms with Gasteiger partial charge in [-0.1, -0.05) is 47.5 Å². The van der Waals surface area contributed by atoms with Crippen LogP contribution < -0.4 is 5.32 Å². The lowest BCUT2D eigenvalue weighted by atomic mass is 10.1. The number of nitrogens with zero attached hydrogens (tertiary/aromatic N) is 3. The normalized spacial score (nSPS) is 10.7. The van der Waals surface area contributed by atoms with E-state index in [2.05, 4.69) is 15.5 Å². The number of aromatic nitrogens is 3. The zero-order valence-corrected chi connectivity index (χ0v) is 14.2. The summed E-state index contributed by atoms with van der Waals surface area (Å²) in [6, 6.07) is 15.5. The molecule has 2 aromatic carbocycles. The average molecular weight is 336 g/mol. The summed E-state index contributed by atoms with van der Waals surface area (Å²) in [6.07, 6.45) is 0. The number of rotatable bonds is 5. The lowest BCUT2D eigenvalue weighted by Crippen LogP contribution is -2.24. The van der Waals surface area contributed by atoms with Gasteiger partial charge >= 0.3 is 0 Å². The Kier molecular flexibility index (Phi) is 4.90. The Labute approximate surface area is 146 Å². The fourth-order valence-corrected chi connectivity index (χ4v) is 2.39. The van der Waals surface area contributed by atoms with E-state index in [1.807, 2.05) is 62.4 Å². The van der Waals surface area contributed by atoms with Crippen LogP contribution in [0.1, 0.15) is 32.9 Å². The first kappa shape index (κ1) is 16.9. The van der Waals surface area contributed by atoms with E-state index >= 15 is 0 Å². The summed E-state index contributed by atoms with van der Waals surface area (Å²) in [4.78, 5) is 13.8. The van der Waals surface area contributed by atoms with Crippen LogP contribution in [0.3, 0.4) is 0 Å². The minimum atomic E-state index is -0.358. The third-order valence-corrected chi connectivity index (χ3v) is 3.89. The number of amides is 1. The maximum Gasteiger partial charge on any atom is 0.274 e. The predicted octanol–water partition coefficient (Wildman–Crippen LogP) is 2.31. The smallest absolute Gasteiger partial charge is 0.274 e. The van der Waals surface area contributed by atoms with E-state index in [4.69, 9.17) is 0 Å². The third kappa shape index (κ3) is 3.92. The summed E-state index contributed by atoms with van der Waals surface area (Å²) in [7, 11) is 0. The summed E-state index contributed by atoms with van der Waals surface area (Å²) in [5.41, 5.74) is 4.40. The number of aliphatic hydroxyl groups is 1. The number of nitrogens with one attached hydrogen (secondary N) is 1. The van der Waals surface area contributed by atoms with Gasteiger partial charge in [-0.25, -0.2) is 0 Å². The van der Waals surface area contributed by atoms with Crippen molar-refractivity contribution in [3.05, 3.63) is 76.6 Å². The summed E-state index contributed by atoms with van der Waals surface area (Å²) in [5.74, 6) is -0.358. The Hall–Kier alpha value is -2.99. The molecule has 0 bridgehead atoms. The van der Waals surface area contributed by atoms with Gasteiger partial charge < -0.3 is 10.4 Å². The number of carbonyl (C=O) groups is 1. The molecule has 0 spiro atoms. The van der Waals surface area contributed by atoms with Gasteiger partial charge in [0.25, 0.3) is 5.91 Å². The molecule has 0 unspecified atom stereocenters. The highest BCUT2D eigenvalue weighted by Gasteiger charge is 2.18. The van der Waals surface area contributed by atoms with Crippen molar-refractivity contribution in [1.82, 2.24) is 20.3 Å². The molecule has 3 rings (SSSR count). The van der Waals surface area contributed by atoms with E-state index in [1.54, 1.807) is 0 Å². The van der Waals surface area contributed by atoms with E-state index in [9.17, 15) is 9.90 Å². The molecule has 6 nitrogen and oxygen atoms in total. The zero-order chi connectivity index (χ0) is 17.8. The molecular weight excluding hydrogens is 316 g/mol. The number of aliphatic hydroxyl groups excluding tert-OH is 1. The number of aryl methyl sites for hydroxylation is 2. The lowest BCUT2D eigenvalue weighted by molar-refractivity contribution is 0.0942. The van der Waals surface area contributed by atoms with Crippen molar-refractivity contribution in [1.29, 1.82) is 0 Å². The van der Waals surface area contributed by atoms with Crippen LogP contribution in [-0.2, 0) is 13.2 Å². The molecule has 2 N–H and O–H groups in total. The quantitative estimate of drug-likeness (QED) is 0.749. The zero-order valence-electron chi connectivity index (χ0n) is 14.2. The average Bonchev–Trinajstić information content (AvgIpc) is 3.06. The number of carbonyl (C=O) groups excluding carboxylic acids is 1. The second-order valence-corrected chi connectivity index (χ2v) is 5.95. The third-order valence-electron chi connectivity index (χ3n) is 3.89. The molecule has 0 aliphatic rings. The van der Waals surface area contributed by atoms with Gasteiger partial charge in [0.05, 0.1) is 12.3 Å². The number of hydrogen-bond acceptors (Lipinski definition) is 4. The maximum absolute atomic E-state index is 12.4. The van der Waals surface area contributed by atoms with Crippen molar-refractivity contribution >= 4 is 5.91 Å². The van der Waals surface area contributed by atoms with Gasteiger partial charge in [-0.2, -0.15) is 4.80 Å². The van der Waals surface area contributed by atoms with Crippen LogP contribution in [0.5, 0.6) is 0 Å². The Morgan fingerprint density at radius 3 is 2.20 bits per heavy atom. The molecule has 0 aliphatic carbocycles. The van der Waals surface area contributed by atoms with Crippen LogP contribution in [0.15, 0.2) is 48.5 Å². The number of benzene rings is 2. The van der Waals surface area contributed by atoms with Crippen molar-refractivity contribution in [2.24, 2.45) is 0 Å². The van der Waals surface area contributed by atoms with Crippen molar-refractivity contribution in [3.63, 3.8) is 0 Å². The van der Waals surface area contributed by atoms with Crippen LogP contribution >= 0.6 is 0 Å². The first-order valence-corrected chi connectivity index (χ1v) is 8.04. The van der Waals surface area contributed by atoms with Crippen LogP contribution in [0, 0.1) is 13.8 Å². The maximum atomic E-state index is 12.4. The molecule has 0 radical (unpaired) electrons. The fourth-order valence-electron chi connectivity index (χ4n) is 2.39. The molecule has 0 fully saturated rings. The summed E-state index contributed by atoms with van der Waals surface area (Å²) in [5, 5.41) is 20.8. The Morgan fingerprint density at radius 2 is 1.60 bits per heavy atom. The van der Waals surface area contributed by atoms with Gasteiger partial charge in [-0.05, 0) is 31.5 Å². The lowest BCUT2D eigenvalue weighted by Gasteiger charge is -2.04. The van der Waals surface area contributed by atoms with Gasteiger partial charge in [-0.3, -0.25) is 4.79 Å². The molecule has 0 saturated carbocycles. The largest absolute Gasteiger partial charge is 0.390 e. The van der Waals surface area contributed by atoms with E-state index in [0.717, 1.165) is 16.8 Å². The number of hydrogen-bond donors (Lipinski definition) is 2. The van der Waals surface area contributed by atoms with Crippen molar-refractivity contribution in [2.45, 2.75) is 27.0 Å². The van der Waals surface area contributed by atoms with Gasteiger partial charge in [0.1, 0.15) is 5.69 Å². The van der Waals surface area contributed by atoms with Crippen molar-refractivity contribution < 1.29 is 9.90 Å².